The number of rotatable bonds is 7. The number of methoxy groups -OCH3 is 1. The maximum absolute atomic E-state index is 13.7. The Morgan fingerprint density at radius 2 is 1.66 bits per heavy atom. The number of carbonyl (C=O) groups is 3. The van der Waals surface area contributed by atoms with Crippen molar-refractivity contribution in [3.05, 3.63) is 65.7 Å². The average Bonchev–Trinajstić information content (AvgIpc) is 3.33. The molecule has 3 aromatic rings. The highest BCUT2D eigenvalue weighted by Gasteiger charge is 2.27. The molecule has 3 amide bonds. The molecule has 0 aliphatic carbocycles. The van der Waals surface area contributed by atoms with Crippen LogP contribution in [-0.2, 0) is 9.53 Å². The molecule has 35 heavy (non-hydrogen) atoms. The lowest BCUT2D eigenvalue weighted by Gasteiger charge is -2.18. The quantitative estimate of drug-likeness (QED) is 0.335. The summed E-state index contributed by atoms with van der Waals surface area (Å²) < 4.78 is 49.8. The van der Waals surface area contributed by atoms with E-state index in [1.807, 2.05) is 0 Å². The van der Waals surface area contributed by atoms with Gasteiger partial charge in [0.1, 0.15) is 11.7 Å². The van der Waals surface area contributed by atoms with Crippen LogP contribution >= 0.6 is 0 Å². The molecule has 1 heterocycles. The van der Waals surface area contributed by atoms with E-state index in [0.717, 1.165) is 6.07 Å². The third kappa shape index (κ3) is 5.96. The van der Waals surface area contributed by atoms with Crippen molar-refractivity contribution in [3.63, 3.8) is 0 Å². The van der Waals surface area contributed by atoms with Crippen LogP contribution in [-0.4, -0.2) is 36.2 Å². The standard InChI is InChI=1S/C23H21F3N4O5/c1-11(2)20(22(32)34-3)29-21(31)17-10-16(30-35-17)12-4-6-13(7-5-12)27-23(33)28-15-9-8-14(24)18(25)19(15)26/h4-11,20H,1-3H3,(H,29,31)(H2,27,28,33). The van der Waals surface area contributed by atoms with Crippen molar-refractivity contribution in [1.29, 1.82) is 0 Å². The molecule has 184 valence electrons. The predicted molar refractivity (Wildman–Crippen MR) is 119 cm³/mol. The van der Waals surface area contributed by atoms with E-state index < -0.39 is 47.1 Å². The number of aromatic nitrogens is 1. The van der Waals surface area contributed by atoms with Crippen molar-refractivity contribution in [2.75, 3.05) is 17.7 Å². The monoisotopic (exact) mass is 490 g/mol. The van der Waals surface area contributed by atoms with Gasteiger partial charge < -0.3 is 25.2 Å². The number of urea groups is 1. The van der Waals surface area contributed by atoms with Crippen LogP contribution in [0.3, 0.4) is 0 Å². The number of benzene rings is 2. The van der Waals surface area contributed by atoms with Gasteiger partial charge in [0.05, 0.1) is 12.8 Å². The lowest BCUT2D eigenvalue weighted by Crippen LogP contribution is -2.44. The first kappa shape index (κ1) is 25.3. The zero-order valence-corrected chi connectivity index (χ0v) is 18.8. The van der Waals surface area contributed by atoms with Crippen LogP contribution in [0.5, 0.6) is 0 Å². The largest absolute Gasteiger partial charge is 0.467 e. The van der Waals surface area contributed by atoms with E-state index in [9.17, 15) is 27.6 Å². The molecular weight excluding hydrogens is 469 g/mol. The van der Waals surface area contributed by atoms with Gasteiger partial charge in [-0.2, -0.15) is 0 Å². The Labute approximate surface area is 197 Å². The molecule has 0 radical (unpaired) electrons. The van der Waals surface area contributed by atoms with Crippen molar-refractivity contribution in [2.45, 2.75) is 19.9 Å². The molecule has 0 spiro atoms. The summed E-state index contributed by atoms with van der Waals surface area (Å²) in [6.07, 6.45) is 0. The fourth-order valence-corrected chi connectivity index (χ4v) is 2.99. The number of hydrogen-bond acceptors (Lipinski definition) is 6. The first-order valence-electron chi connectivity index (χ1n) is 10.3. The lowest BCUT2D eigenvalue weighted by molar-refractivity contribution is -0.144. The third-order valence-corrected chi connectivity index (χ3v) is 4.86. The number of nitrogens with zero attached hydrogens (tertiary/aromatic N) is 1. The van der Waals surface area contributed by atoms with E-state index in [1.54, 1.807) is 26.0 Å². The van der Waals surface area contributed by atoms with Gasteiger partial charge in [0.15, 0.2) is 17.5 Å². The molecule has 3 rings (SSSR count). The number of esters is 1. The SMILES string of the molecule is COC(=O)C(NC(=O)c1cc(-c2ccc(NC(=O)Nc3ccc(F)c(F)c3F)cc2)no1)C(C)C. The number of carbonyl (C=O) groups excluding carboxylic acids is 3. The Kier molecular flexibility index (Phi) is 7.74. The van der Waals surface area contributed by atoms with E-state index in [2.05, 4.69) is 25.8 Å². The third-order valence-electron chi connectivity index (χ3n) is 4.86. The second-order valence-corrected chi connectivity index (χ2v) is 7.67. The second kappa shape index (κ2) is 10.7. The number of halogens is 3. The summed E-state index contributed by atoms with van der Waals surface area (Å²) in [6, 6.07) is 7.35. The van der Waals surface area contributed by atoms with Crippen LogP contribution in [0.15, 0.2) is 47.0 Å². The van der Waals surface area contributed by atoms with Gasteiger partial charge in [-0.1, -0.05) is 31.1 Å². The highest BCUT2D eigenvalue weighted by atomic mass is 19.2. The van der Waals surface area contributed by atoms with Gasteiger partial charge in [-0.05, 0) is 30.2 Å². The number of ether oxygens (including phenoxy) is 1. The van der Waals surface area contributed by atoms with E-state index in [1.165, 1.54) is 25.3 Å². The van der Waals surface area contributed by atoms with Crippen LogP contribution in [0.25, 0.3) is 11.3 Å². The molecule has 1 unspecified atom stereocenters. The summed E-state index contributed by atoms with van der Waals surface area (Å²) >= 11 is 0. The number of nitrogens with one attached hydrogen (secondary N) is 3. The minimum Gasteiger partial charge on any atom is -0.467 e. The summed E-state index contributed by atoms with van der Waals surface area (Å²) in [5, 5.41) is 10.9. The summed E-state index contributed by atoms with van der Waals surface area (Å²) in [7, 11) is 1.22. The molecule has 0 aliphatic heterocycles. The second-order valence-electron chi connectivity index (χ2n) is 7.67. The highest BCUT2D eigenvalue weighted by molar-refractivity contribution is 6.00. The fourth-order valence-electron chi connectivity index (χ4n) is 2.99. The molecule has 0 fully saturated rings. The Morgan fingerprint density at radius 3 is 2.29 bits per heavy atom. The Balaban J connectivity index is 1.64. The molecule has 2 aromatic carbocycles. The smallest absolute Gasteiger partial charge is 0.328 e. The topological polar surface area (TPSA) is 123 Å². The van der Waals surface area contributed by atoms with Crippen molar-refractivity contribution >= 4 is 29.3 Å². The molecule has 12 heteroatoms. The maximum Gasteiger partial charge on any atom is 0.328 e. The zero-order valence-electron chi connectivity index (χ0n) is 18.8. The molecule has 0 aliphatic rings. The fraction of sp³-hybridized carbons (Fsp3) is 0.217. The summed E-state index contributed by atoms with van der Waals surface area (Å²) in [5.74, 6) is -6.17. The predicted octanol–water partition coefficient (Wildman–Crippen LogP) is 4.33. The number of amides is 3. The lowest BCUT2D eigenvalue weighted by atomic mass is 10.0. The molecule has 1 aromatic heterocycles. The van der Waals surface area contributed by atoms with Gasteiger partial charge in [-0.15, -0.1) is 0 Å². The van der Waals surface area contributed by atoms with Crippen LogP contribution < -0.4 is 16.0 Å². The summed E-state index contributed by atoms with van der Waals surface area (Å²) in [5.41, 5.74) is 0.625. The minimum absolute atomic E-state index is 0.121. The molecule has 1 atom stereocenters. The highest BCUT2D eigenvalue weighted by Crippen LogP contribution is 2.23. The summed E-state index contributed by atoms with van der Waals surface area (Å²) in [4.78, 5) is 36.3. The van der Waals surface area contributed by atoms with Crippen molar-refractivity contribution in [1.82, 2.24) is 10.5 Å². The minimum atomic E-state index is -1.70. The van der Waals surface area contributed by atoms with Crippen molar-refractivity contribution in [3.8, 4) is 11.3 Å². The molecule has 0 saturated carbocycles. The molecule has 0 saturated heterocycles. The Bertz CT molecular complexity index is 1240. The van der Waals surface area contributed by atoms with Crippen molar-refractivity contribution < 1.29 is 36.8 Å². The summed E-state index contributed by atoms with van der Waals surface area (Å²) in [6.45, 7) is 3.50. The number of anilines is 2. The van der Waals surface area contributed by atoms with Gasteiger partial charge >= 0.3 is 12.0 Å². The first-order valence-corrected chi connectivity index (χ1v) is 10.3. The van der Waals surface area contributed by atoms with E-state index >= 15 is 0 Å². The van der Waals surface area contributed by atoms with Crippen LogP contribution in [0.1, 0.15) is 24.4 Å². The molecular formula is C23H21F3N4O5. The van der Waals surface area contributed by atoms with E-state index in [4.69, 9.17) is 4.52 Å². The maximum atomic E-state index is 13.7. The first-order chi connectivity index (χ1) is 16.6. The van der Waals surface area contributed by atoms with E-state index in [-0.39, 0.29) is 11.7 Å². The van der Waals surface area contributed by atoms with Gasteiger partial charge in [0.25, 0.3) is 5.91 Å². The zero-order chi connectivity index (χ0) is 25.7. The molecule has 9 nitrogen and oxygen atoms in total. The van der Waals surface area contributed by atoms with Gasteiger partial charge in [-0.25, -0.2) is 22.8 Å². The van der Waals surface area contributed by atoms with Crippen LogP contribution in [0, 0.1) is 23.4 Å². The normalized spacial score (nSPS) is 11.6. The Morgan fingerprint density at radius 1 is 0.971 bits per heavy atom. The van der Waals surface area contributed by atoms with Crippen LogP contribution in [0.2, 0.25) is 0 Å². The number of hydrogen-bond donors (Lipinski definition) is 3. The van der Waals surface area contributed by atoms with Crippen molar-refractivity contribution in [2.24, 2.45) is 5.92 Å². The van der Waals surface area contributed by atoms with Gasteiger partial charge in [0, 0.05) is 17.3 Å². The van der Waals surface area contributed by atoms with Crippen LogP contribution in [0.4, 0.5) is 29.3 Å². The average molecular weight is 490 g/mol. The van der Waals surface area contributed by atoms with Gasteiger partial charge in [0.2, 0.25) is 5.76 Å². The van der Waals surface area contributed by atoms with E-state index in [0.29, 0.717) is 23.0 Å². The Hall–Kier alpha value is -4.35. The molecule has 0 bridgehead atoms. The molecule has 3 N–H and O–H groups in total. The van der Waals surface area contributed by atoms with Gasteiger partial charge in [-0.3, -0.25) is 4.79 Å².